The topological polar surface area (TPSA) is 49.3 Å². The van der Waals surface area contributed by atoms with Crippen molar-refractivity contribution in [3.05, 3.63) is 34.3 Å². The Bertz CT molecular complexity index is 416. The van der Waals surface area contributed by atoms with Crippen LogP contribution in [0.2, 0.25) is 0 Å². The highest BCUT2D eigenvalue weighted by Crippen LogP contribution is 2.26. The quantitative estimate of drug-likeness (QED) is 0.894. The molecular weight excluding hydrogens is 294 g/mol. The molecule has 0 bridgehead atoms. The van der Waals surface area contributed by atoms with Gasteiger partial charge in [-0.05, 0) is 24.5 Å². The molecule has 0 aromatic heterocycles. The lowest BCUT2D eigenvalue weighted by Gasteiger charge is -2.27. The van der Waals surface area contributed by atoms with E-state index in [4.69, 9.17) is 0 Å². The first-order valence-corrected chi connectivity index (χ1v) is 7.21. The summed E-state index contributed by atoms with van der Waals surface area (Å²) in [5.74, 6) is -0.813. The molecule has 1 aliphatic rings. The molecule has 0 spiro atoms. The third-order valence-electron chi connectivity index (χ3n) is 3.47. The van der Waals surface area contributed by atoms with Gasteiger partial charge in [0.2, 0.25) is 0 Å². The molecular formula is C14H18BrNO2. The average molecular weight is 312 g/mol. The number of hydrogen-bond donors (Lipinski definition) is 2. The summed E-state index contributed by atoms with van der Waals surface area (Å²) in [7, 11) is 0. The summed E-state index contributed by atoms with van der Waals surface area (Å²) in [4.78, 5) is 11.4. The molecule has 1 atom stereocenters. The maximum atomic E-state index is 11.4. The Labute approximate surface area is 116 Å². The molecule has 0 amide bonds. The zero-order valence-corrected chi connectivity index (χ0v) is 11.8. The van der Waals surface area contributed by atoms with Crippen molar-refractivity contribution in [3.63, 3.8) is 0 Å². The lowest BCUT2D eigenvalue weighted by molar-refractivity contribution is -0.140. The Morgan fingerprint density at radius 2 is 1.94 bits per heavy atom. The highest BCUT2D eigenvalue weighted by Gasteiger charge is 2.25. The fourth-order valence-electron chi connectivity index (χ4n) is 2.51. The second-order valence-electron chi connectivity index (χ2n) is 4.79. The van der Waals surface area contributed by atoms with Gasteiger partial charge in [-0.15, -0.1) is 0 Å². The molecule has 1 unspecified atom stereocenters. The minimum Gasteiger partial charge on any atom is -0.480 e. The largest absolute Gasteiger partial charge is 0.480 e. The molecule has 18 heavy (non-hydrogen) atoms. The van der Waals surface area contributed by atoms with Crippen molar-refractivity contribution in [2.24, 2.45) is 0 Å². The Balaban J connectivity index is 2.13. The first kappa shape index (κ1) is 13.6. The van der Waals surface area contributed by atoms with E-state index in [0.717, 1.165) is 22.9 Å². The lowest BCUT2D eigenvalue weighted by atomic mass is 9.94. The smallest absolute Gasteiger partial charge is 0.325 e. The van der Waals surface area contributed by atoms with Crippen molar-refractivity contribution in [2.75, 3.05) is 0 Å². The molecule has 98 valence electrons. The third-order valence-corrected chi connectivity index (χ3v) is 4.19. The predicted octanol–water partition coefficient (Wildman–Crippen LogP) is 3.50. The van der Waals surface area contributed by atoms with Gasteiger partial charge in [-0.2, -0.15) is 0 Å². The molecule has 1 saturated carbocycles. The van der Waals surface area contributed by atoms with Crippen LogP contribution in [0, 0.1) is 0 Å². The van der Waals surface area contributed by atoms with Crippen molar-refractivity contribution in [1.29, 1.82) is 0 Å². The number of carboxylic acid groups (broad SMARTS) is 1. The Hall–Kier alpha value is -0.870. The summed E-state index contributed by atoms with van der Waals surface area (Å²) in [6.45, 7) is 0. The van der Waals surface area contributed by atoms with Crippen LogP contribution in [0.25, 0.3) is 0 Å². The molecule has 0 radical (unpaired) electrons. The zero-order valence-electron chi connectivity index (χ0n) is 10.2. The minimum absolute atomic E-state index is 0.326. The Kier molecular flexibility index (Phi) is 4.78. The fraction of sp³-hybridized carbons (Fsp3) is 0.500. The van der Waals surface area contributed by atoms with Gasteiger partial charge in [0.15, 0.2) is 0 Å². The van der Waals surface area contributed by atoms with Crippen LogP contribution in [0.5, 0.6) is 0 Å². The minimum atomic E-state index is -0.813. The van der Waals surface area contributed by atoms with Gasteiger partial charge >= 0.3 is 5.97 Å². The molecule has 0 heterocycles. The summed E-state index contributed by atoms with van der Waals surface area (Å²) < 4.78 is 0.848. The van der Waals surface area contributed by atoms with E-state index >= 15 is 0 Å². The van der Waals surface area contributed by atoms with Crippen LogP contribution in [-0.2, 0) is 4.79 Å². The van der Waals surface area contributed by atoms with E-state index in [2.05, 4.69) is 21.2 Å². The first-order chi connectivity index (χ1) is 8.68. The standard InChI is InChI=1S/C14H18BrNO2/c15-12-9-5-4-8-11(12)13(14(17)18)16-10-6-2-1-3-7-10/h4-5,8-10,13,16H,1-3,6-7H2,(H,17,18). The van der Waals surface area contributed by atoms with Crippen LogP contribution in [0.15, 0.2) is 28.7 Å². The Morgan fingerprint density at radius 1 is 1.28 bits per heavy atom. The zero-order chi connectivity index (χ0) is 13.0. The molecule has 1 fully saturated rings. The number of carboxylic acids is 1. The summed E-state index contributed by atoms with van der Waals surface area (Å²) in [6.07, 6.45) is 5.81. The molecule has 1 aromatic rings. The number of benzene rings is 1. The van der Waals surface area contributed by atoms with E-state index in [9.17, 15) is 9.90 Å². The molecule has 2 N–H and O–H groups in total. The van der Waals surface area contributed by atoms with Crippen LogP contribution in [0.3, 0.4) is 0 Å². The molecule has 4 heteroatoms. The summed E-state index contributed by atoms with van der Waals surface area (Å²) in [5, 5.41) is 12.7. The van der Waals surface area contributed by atoms with Gasteiger partial charge < -0.3 is 5.11 Å². The van der Waals surface area contributed by atoms with E-state index in [1.165, 1.54) is 19.3 Å². The van der Waals surface area contributed by atoms with Crippen molar-refractivity contribution >= 4 is 21.9 Å². The third kappa shape index (κ3) is 3.33. The number of hydrogen-bond acceptors (Lipinski definition) is 2. The van der Waals surface area contributed by atoms with E-state index in [1.807, 2.05) is 24.3 Å². The van der Waals surface area contributed by atoms with Gasteiger partial charge in [0.1, 0.15) is 6.04 Å². The van der Waals surface area contributed by atoms with E-state index in [0.29, 0.717) is 6.04 Å². The molecule has 1 aliphatic carbocycles. The van der Waals surface area contributed by atoms with Gasteiger partial charge in [-0.25, -0.2) is 0 Å². The molecule has 0 saturated heterocycles. The number of carbonyl (C=O) groups is 1. The number of aliphatic carboxylic acids is 1. The van der Waals surface area contributed by atoms with Gasteiger partial charge in [0.25, 0.3) is 0 Å². The molecule has 3 nitrogen and oxygen atoms in total. The van der Waals surface area contributed by atoms with Crippen molar-refractivity contribution < 1.29 is 9.90 Å². The molecule has 1 aromatic carbocycles. The van der Waals surface area contributed by atoms with E-state index < -0.39 is 12.0 Å². The summed E-state index contributed by atoms with van der Waals surface area (Å²) in [5.41, 5.74) is 0.801. The van der Waals surface area contributed by atoms with Gasteiger partial charge in [-0.3, -0.25) is 10.1 Å². The van der Waals surface area contributed by atoms with Crippen LogP contribution in [-0.4, -0.2) is 17.1 Å². The van der Waals surface area contributed by atoms with Crippen LogP contribution in [0.1, 0.15) is 43.7 Å². The fourth-order valence-corrected chi connectivity index (χ4v) is 3.02. The van der Waals surface area contributed by atoms with Crippen molar-refractivity contribution in [1.82, 2.24) is 5.32 Å². The first-order valence-electron chi connectivity index (χ1n) is 6.42. The number of rotatable bonds is 4. The highest BCUT2D eigenvalue weighted by molar-refractivity contribution is 9.10. The van der Waals surface area contributed by atoms with Crippen molar-refractivity contribution in [2.45, 2.75) is 44.2 Å². The average Bonchev–Trinajstić information content (AvgIpc) is 2.38. The van der Waals surface area contributed by atoms with Crippen LogP contribution >= 0.6 is 15.9 Å². The van der Waals surface area contributed by atoms with Crippen LogP contribution < -0.4 is 5.32 Å². The van der Waals surface area contributed by atoms with E-state index in [-0.39, 0.29) is 0 Å². The predicted molar refractivity (Wildman–Crippen MR) is 74.5 cm³/mol. The molecule has 0 aliphatic heterocycles. The van der Waals surface area contributed by atoms with E-state index in [1.54, 1.807) is 0 Å². The lowest BCUT2D eigenvalue weighted by Crippen LogP contribution is -2.38. The second kappa shape index (κ2) is 6.34. The van der Waals surface area contributed by atoms with Crippen molar-refractivity contribution in [3.8, 4) is 0 Å². The maximum Gasteiger partial charge on any atom is 0.325 e. The molecule has 2 rings (SSSR count). The van der Waals surface area contributed by atoms with Gasteiger partial charge in [-0.1, -0.05) is 53.4 Å². The maximum absolute atomic E-state index is 11.4. The summed E-state index contributed by atoms with van der Waals surface area (Å²) in [6, 6.07) is 7.22. The Morgan fingerprint density at radius 3 is 2.56 bits per heavy atom. The SMILES string of the molecule is O=C(O)C(NC1CCCCC1)c1ccccc1Br. The van der Waals surface area contributed by atoms with Gasteiger partial charge in [0.05, 0.1) is 0 Å². The van der Waals surface area contributed by atoms with Crippen LogP contribution in [0.4, 0.5) is 0 Å². The highest BCUT2D eigenvalue weighted by atomic mass is 79.9. The normalized spacial score (nSPS) is 18.5. The summed E-state index contributed by atoms with van der Waals surface area (Å²) >= 11 is 3.43. The van der Waals surface area contributed by atoms with Gasteiger partial charge in [0, 0.05) is 10.5 Å². The second-order valence-corrected chi connectivity index (χ2v) is 5.65. The number of halogens is 1. The monoisotopic (exact) mass is 311 g/mol. The number of nitrogens with one attached hydrogen (secondary N) is 1.